The van der Waals surface area contributed by atoms with Crippen LogP contribution in [0.1, 0.15) is 26.3 Å². The molecule has 0 saturated heterocycles. The van der Waals surface area contributed by atoms with Gasteiger partial charge in [-0.2, -0.15) is 0 Å². The van der Waals surface area contributed by atoms with Gasteiger partial charge in [-0.05, 0) is 29.8 Å². The maximum Gasteiger partial charge on any atom is 0.335 e. The van der Waals surface area contributed by atoms with Crippen LogP contribution in [0.2, 0.25) is 0 Å². The number of hydrogen-bond acceptors (Lipinski definition) is 3. The zero-order valence-corrected chi connectivity index (χ0v) is 11.2. The summed E-state index contributed by atoms with van der Waals surface area (Å²) in [5.41, 5.74) is 3.48. The van der Waals surface area contributed by atoms with Crippen molar-refractivity contribution in [3.05, 3.63) is 77.0 Å². The molecule has 0 bridgehead atoms. The maximum absolute atomic E-state index is 12.2. The molecule has 4 heteroatoms. The molecule has 104 valence electrons. The Morgan fingerprint density at radius 1 is 1.10 bits per heavy atom. The van der Waals surface area contributed by atoms with Crippen LogP contribution in [0, 0.1) is 0 Å². The van der Waals surface area contributed by atoms with Gasteiger partial charge < -0.3 is 10.4 Å². The number of nitrogens with one attached hydrogen (secondary N) is 1. The number of aromatic carboxylic acids is 1. The molecule has 0 atom stereocenters. The fourth-order valence-electron chi connectivity index (χ4n) is 2.35. The van der Waals surface area contributed by atoms with E-state index in [2.05, 4.69) is 5.32 Å². The number of rotatable bonds is 3. The van der Waals surface area contributed by atoms with Crippen LogP contribution in [-0.2, 0) is 6.42 Å². The van der Waals surface area contributed by atoms with Gasteiger partial charge in [0, 0.05) is 29.4 Å². The van der Waals surface area contributed by atoms with Crippen LogP contribution in [0.5, 0.6) is 0 Å². The van der Waals surface area contributed by atoms with E-state index in [4.69, 9.17) is 5.11 Å². The Morgan fingerprint density at radius 3 is 2.48 bits per heavy atom. The number of carbonyl (C=O) groups excluding carboxylic acids is 1. The lowest BCUT2D eigenvalue weighted by Crippen LogP contribution is -2.00. The smallest absolute Gasteiger partial charge is 0.335 e. The first-order chi connectivity index (χ1) is 10.1. The van der Waals surface area contributed by atoms with Crippen LogP contribution in [0.25, 0.3) is 0 Å². The molecule has 1 aliphatic rings. The fraction of sp³-hybridized carbons (Fsp3) is 0.0588. The highest BCUT2D eigenvalue weighted by atomic mass is 16.4. The van der Waals surface area contributed by atoms with E-state index in [0.29, 0.717) is 12.0 Å². The summed E-state index contributed by atoms with van der Waals surface area (Å²) in [6.45, 7) is 0. The molecule has 3 rings (SSSR count). The van der Waals surface area contributed by atoms with Gasteiger partial charge in [-0.25, -0.2) is 4.79 Å². The number of benzene rings is 2. The quantitative estimate of drug-likeness (QED) is 0.847. The molecule has 2 N–H and O–H groups in total. The number of carboxylic acids is 1. The first-order valence-electron chi connectivity index (χ1n) is 6.57. The number of anilines is 1. The Kier molecular flexibility index (Phi) is 3.28. The van der Waals surface area contributed by atoms with Crippen LogP contribution < -0.4 is 5.32 Å². The van der Waals surface area contributed by atoms with Crippen molar-refractivity contribution in [1.29, 1.82) is 0 Å². The van der Waals surface area contributed by atoms with Crippen molar-refractivity contribution in [1.82, 2.24) is 0 Å². The first kappa shape index (κ1) is 13.1. The topological polar surface area (TPSA) is 66.4 Å². The minimum Gasteiger partial charge on any atom is -0.478 e. The predicted octanol–water partition coefficient (Wildman–Crippen LogP) is 3.12. The molecule has 0 radical (unpaired) electrons. The lowest BCUT2D eigenvalue weighted by molar-refractivity contribution is 0.0696. The van der Waals surface area contributed by atoms with E-state index in [9.17, 15) is 9.59 Å². The Balaban J connectivity index is 1.76. The third-order valence-electron chi connectivity index (χ3n) is 3.48. The van der Waals surface area contributed by atoms with E-state index in [1.807, 2.05) is 24.3 Å². The highest BCUT2D eigenvalue weighted by Gasteiger charge is 2.23. The molecule has 2 aromatic rings. The number of carbonyl (C=O) groups is 2. The van der Waals surface area contributed by atoms with Crippen molar-refractivity contribution in [2.24, 2.45) is 0 Å². The van der Waals surface area contributed by atoms with Gasteiger partial charge in [0.15, 0.2) is 5.78 Å². The Hall–Kier alpha value is -2.88. The van der Waals surface area contributed by atoms with Gasteiger partial charge in [0.25, 0.3) is 0 Å². The minimum atomic E-state index is -0.957. The molecule has 0 heterocycles. The lowest BCUT2D eigenvalue weighted by Gasteiger charge is -2.02. The number of fused-ring (bicyclic) bond motifs is 1. The molecule has 0 fully saturated rings. The number of hydrogen-bond donors (Lipinski definition) is 2. The number of ketones is 1. The summed E-state index contributed by atoms with van der Waals surface area (Å²) in [4.78, 5) is 22.9. The van der Waals surface area contributed by atoms with Gasteiger partial charge in [-0.1, -0.05) is 24.3 Å². The van der Waals surface area contributed by atoms with Crippen molar-refractivity contribution in [3.63, 3.8) is 0 Å². The zero-order chi connectivity index (χ0) is 14.8. The van der Waals surface area contributed by atoms with E-state index in [0.717, 1.165) is 16.8 Å². The Labute approximate surface area is 121 Å². The summed E-state index contributed by atoms with van der Waals surface area (Å²) in [7, 11) is 0. The van der Waals surface area contributed by atoms with Crippen LogP contribution in [0.3, 0.4) is 0 Å². The van der Waals surface area contributed by atoms with Gasteiger partial charge in [0.05, 0.1) is 5.56 Å². The van der Waals surface area contributed by atoms with E-state index >= 15 is 0 Å². The van der Waals surface area contributed by atoms with Gasteiger partial charge in [-0.3, -0.25) is 4.79 Å². The Morgan fingerprint density at radius 2 is 1.81 bits per heavy atom. The summed E-state index contributed by atoms with van der Waals surface area (Å²) in [5, 5.41) is 11.9. The van der Waals surface area contributed by atoms with E-state index in [-0.39, 0.29) is 11.3 Å². The second kappa shape index (κ2) is 5.25. The average Bonchev–Trinajstić information content (AvgIpc) is 2.82. The van der Waals surface area contributed by atoms with Crippen LogP contribution in [0.4, 0.5) is 5.69 Å². The summed E-state index contributed by atoms with van der Waals surface area (Å²) in [5.74, 6) is -0.915. The average molecular weight is 279 g/mol. The third-order valence-corrected chi connectivity index (χ3v) is 3.48. The molecule has 0 aliphatic heterocycles. The molecule has 1 aliphatic carbocycles. The second-order valence-electron chi connectivity index (χ2n) is 4.86. The van der Waals surface area contributed by atoms with Gasteiger partial charge >= 0.3 is 5.97 Å². The normalized spacial score (nSPS) is 15.0. The van der Waals surface area contributed by atoms with Gasteiger partial charge in [0.2, 0.25) is 0 Å². The van der Waals surface area contributed by atoms with Crippen molar-refractivity contribution in [2.75, 3.05) is 5.32 Å². The molecule has 0 saturated carbocycles. The molecule has 2 aromatic carbocycles. The summed E-state index contributed by atoms with van der Waals surface area (Å²) >= 11 is 0. The second-order valence-corrected chi connectivity index (χ2v) is 4.86. The molecule has 4 nitrogen and oxygen atoms in total. The van der Waals surface area contributed by atoms with Crippen molar-refractivity contribution < 1.29 is 14.7 Å². The lowest BCUT2D eigenvalue weighted by atomic mass is 10.1. The summed E-state index contributed by atoms with van der Waals surface area (Å²) in [6.07, 6.45) is 2.31. The van der Waals surface area contributed by atoms with Gasteiger partial charge in [-0.15, -0.1) is 0 Å². The number of Topliss-reactive ketones (excluding diaryl/α,β-unsaturated/α-hetero) is 1. The monoisotopic (exact) mass is 279 g/mol. The van der Waals surface area contributed by atoms with Crippen molar-refractivity contribution in [2.45, 2.75) is 6.42 Å². The van der Waals surface area contributed by atoms with Crippen molar-refractivity contribution >= 4 is 17.4 Å². The van der Waals surface area contributed by atoms with E-state index in [1.165, 1.54) is 12.1 Å². The molecule has 0 amide bonds. The summed E-state index contributed by atoms with van der Waals surface area (Å²) < 4.78 is 0. The largest absolute Gasteiger partial charge is 0.478 e. The third kappa shape index (κ3) is 2.56. The van der Waals surface area contributed by atoms with Crippen LogP contribution in [0.15, 0.2) is 60.3 Å². The van der Waals surface area contributed by atoms with Crippen molar-refractivity contribution in [3.8, 4) is 0 Å². The SMILES string of the molecule is O=C(O)c1ccc(NC=C2Cc3ccccc3C2=O)cc1. The molecule has 0 spiro atoms. The highest BCUT2D eigenvalue weighted by molar-refractivity contribution is 6.13. The van der Waals surface area contributed by atoms with Crippen LogP contribution >= 0.6 is 0 Å². The fourth-order valence-corrected chi connectivity index (χ4v) is 2.35. The van der Waals surface area contributed by atoms with Crippen LogP contribution in [-0.4, -0.2) is 16.9 Å². The number of carboxylic acid groups (broad SMARTS) is 1. The Bertz CT molecular complexity index is 745. The highest BCUT2D eigenvalue weighted by Crippen LogP contribution is 2.25. The summed E-state index contributed by atoms with van der Waals surface area (Å²) in [6, 6.07) is 14.0. The molecular formula is C17H13NO3. The molecule has 0 aromatic heterocycles. The van der Waals surface area contributed by atoms with E-state index < -0.39 is 5.97 Å². The van der Waals surface area contributed by atoms with E-state index in [1.54, 1.807) is 18.3 Å². The standard InChI is InChI=1S/C17H13NO3/c19-16-13(9-12-3-1-2-4-15(12)16)10-18-14-7-5-11(6-8-14)17(20)21/h1-8,10,18H,9H2,(H,20,21). The first-order valence-corrected chi connectivity index (χ1v) is 6.57. The number of allylic oxidation sites excluding steroid dienone is 1. The molecule has 21 heavy (non-hydrogen) atoms. The maximum atomic E-state index is 12.2. The minimum absolute atomic E-state index is 0.0419. The molecular weight excluding hydrogens is 266 g/mol. The molecule has 0 unspecified atom stereocenters. The zero-order valence-electron chi connectivity index (χ0n) is 11.2. The predicted molar refractivity (Wildman–Crippen MR) is 79.6 cm³/mol. The van der Waals surface area contributed by atoms with Gasteiger partial charge in [0.1, 0.15) is 0 Å².